The maximum atomic E-state index is 13.2. The second-order valence-corrected chi connectivity index (χ2v) is 8.38. The van der Waals surface area contributed by atoms with E-state index in [1.165, 1.54) is 5.56 Å². The minimum atomic E-state index is -0.255. The molecule has 1 amide bonds. The predicted octanol–water partition coefficient (Wildman–Crippen LogP) is 3.61. The van der Waals surface area contributed by atoms with Crippen LogP contribution in [0, 0.1) is 34.6 Å². The second-order valence-electron chi connectivity index (χ2n) is 8.38. The van der Waals surface area contributed by atoms with Crippen LogP contribution in [0.3, 0.4) is 0 Å². The van der Waals surface area contributed by atoms with E-state index in [2.05, 4.69) is 20.8 Å². The lowest BCUT2D eigenvalue weighted by Crippen LogP contribution is -2.31. The molecule has 2 heterocycles. The van der Waals surface area contributed by atoms with Crippen LogP contribution in [0.5, 0.6) is 0 Å². The molecule has 0 radical (unpaired) electrons. The zero-order valence-corrected chi connectivity index (χ0v) is 20.0. The van der Waals surface area contributed by atoms with Crippen LogP contribution in [-0.4, -0.2) is 33.0 Å². The van der Waals surface area contributed by atoms with E-state index in [-0.39, 0.29) is 18.0 Å². The largest absolute Gasteiger partial charge is 0.376 e. The molecule has 2 N–H and O–H groups in total. The molecule has 4 rings (SSSR count). The van der Waals surface area contributed by atoms with Crippen LogP contribution < -0.4 is 16.3 Å². The summed E-state index contributed by atoms with van der Waals surface area (Å²) in [5, 5.41) is 7.76. The molecule has 34 heavy (non-hydrogen) atoms. The van der Waals surface area contributed by atoms with Crippen LogP contribution in [0.4, 0.5) is 5.69 Å². The van der Waals surface area contributed by atoms with Crippen molar-refractivity contribution in [2.45, 2.75) is 34.6 Å². The van der Waals surface area contributed by atoms with Crippen molar-refractivity contribution in [3.8, 4) is 0 Å². The van der Waals surface area contributed by atoms with Gasteiger partial charge in [-0.1, -0.05) is 18.2 Å². The molecule has 4 aromatic rings. The molecule has 0 saturated heterocycles. The number of hydrogen-bond acceptors (Lipinski definition) is 5. The topological polar surface area (TPSA) is 93.3 Å². The van der Waals surface area contributed by atoms with Gasteiger partial charge in [0, 0.05) is 22.6 Å². The third-order valence-corrected chi connectivity index (χ3v) is 5.90. The monoisotopic (exact) mass is 456 g/mol. The molecule has 8 nitrogen and oxygen atoms in total. The quantitative estimate of drug-likeness (QED) is 0.342. The van der Waals surface area contributed by atoms with E-state index in [0.717, 1.165) is 28.2 Å². The van der Waals surface area contributed by atoms with Crippen molar-refractivity contribution in [1.82, 2.24) is 19.8 Å². The van der Waals surface area contributed by atoms with Crippen LogP contribution in [-0.2, 0) is 4.79 Å². The number of anilines is 1. The summed E-state index contributed by atoms with van der Waals surface area (Å²) in [6.45, 7) is 9.81. The predicted molar refractivity (Wildman–Crippen MR) is 136 cm³/mol. The Kier molecular flexibility index (Phi) is 6.32. The van der Waals surface area contributed by atoms with Gasteiger partial charge in [0.2, 0.25) is 0 Å². The second kappa shape index (κ2) is 9.35. The maximum Gasteiger partial charge on any atom is 0.280 e. The van der Waals surface area contributed by atoms with Crippen LogP contribution in [0.25, 0.3) is 10.9 Å². The molecule has 0 unspecified atom stereocenters. The van der Waals surface area contributed by atoms with Gasteiger partial charge >= 0.3 is 0 Å². The van der Waals surface area contributed by atoms with Crippen molar-refractivity contribution in [2.24, 2.45) is 5.10 Å². The van der Waals surface area contributed by atoms with E-state index in [0.29, 0.717) is 16.7 Å². The summed E-state index contributed by atoms with van der Waals surface area (Å²) in [7, 11) is 0. The summed E-state index contributed by atoms with van der Waals surface area (Å²) in [4.78, 5) is 30.0. The molecule has 0 spiro atoms. The Morgan fingerprint density at radius 1 is 1.00 bits per heavy atom. The van der Waals surface area contributed by atoms with Crippen LogP contribution >= 0.6 is 0 Å². The summed E-state index contributed by atoms with van der Waals surface area (Å²) >= 11 is 0. The first kappa shape index (κ1) is 23.0. The van der Waals surface area contributed by atoms with Crippen molar-refractivity contribution in [2.75, 3.05) is 11.9 Å². The molecule has 0 fully saturated rings. The molecule has 0 aliphatic carbocycles. The van der Waals surface area contributed by atoms with Gasteiger partial charge in [0.15, 0.2) is 0 Å². The summed E-state index contributed by atoms with van der Waals surface area (Å²) in [6.07, 6.45) is 1.58. The van der Waals surface area contributed by atoms with Gasteiger partial charge in [-0.25, -0.2) is 10.4 Å². The Labute approximate surface area is 197 Å². The number of hydrazone groups is 1. The van der Waals surface area contributed by atoms with Crippen molar-refractivity contribution in [1.29, 1.82) is 0 Å². The maximum absolute atomic E-state index is 13.2. The van der Waals surface area contributed by atoms with Crippen molar-refractivity contribution < 1.29 is 4.79 Å². The molecule has 0 aliphatic heterocycles. The van der Waals surface area contributed by atoms with E-state index < -0.39 is 0 Å². The highest BCUT2D eigenvalue weighted by atomic mass is 16.2. The van der Waals surface area contributed by atoms with Crippen molar-refractivity contribution in [3.05, 3.63) is 92.8 Å². The molecule has 0 saturated carbocycles. The van der Waals surface area contributed by atoms with E-state index >= 15 is 0 Å². The molecular weight excluding hydrogens is 428 g/mol. The smallest absolute Gasteiger partial charge is 0.280 e. The number of rotatable bonds is 6. The fourth-order valence-electron chi connectivity index (χ4n) is 3.93. The Balaban J connectivity index is 1.51. The summed E-state index contributed by atoms with van der Waals surface area (Å²) in [6, 6.07) is 15.2. The Morgan fingerprint density at radius 3 is 2.53 bits per heavy atom. The zero-order chi connectivity index (χ0) is 24.4. The SMILES string of the molecule is Cc1ccc(NCC(=O)NN=Cc2cc(C)n(-n3c(C)nc4ccccc4c3=O)c2C)cc1C. The van der Waals surface area contributed by atoms with Gasteiger partial charge in [-0.3, -0.25) is 14.3 Å². The number of aryl methyl sites for hydroxylation is 4. The molecule has 2 aromatic carbocycles. The minimum absolute atomic E-state index is 0.107. The first-order valence-corrected chi connectivity index (χ1v) is 11.1. The number of benzene rings is 2. The molecular formula is C26H28N6O2. The number of amides is 1. The van der Waals surface area contributed by atoms with Gasteiger partial charge in [-0.2, -0.15) is 9.78 Å². The number of fused-ring (bicyclic) bond motifs is 1. The van der Waals surface area contributed by atoms with E-state index in [1.54, 1.807) is 17.0 Å². The number of nitrogens with zero attached hydrogens (tertiary/aromatic N) is 4. The van der Waals surface area contributed by atoms with Crippen molar-refractivity contribution >= 4 is 28.7 Å². The number of carbonyl (C=O) groups excluding carboxylic acids is 1. The Bertz CT molecular complexity index is 1480. The summed E-state index contributed by atoms with van der Waals surface area (Å²) in [5.74, 6) is 0.328. The molecule has 8 heteroatoms. The highest BCUT2D eigenvalue weighted by Crippen LogP contribution is 2.16. The van der Waals surface area contributed by atoms with Gasteiger partial charge in [0.1, 0.15) is 5.82 Å². The molecule has 0 atom stereocenters. The number of hydrogen-bond donors (Lipinski definition) is 2. The first-order valence-electron chi connectivity index (χ1n) is 11.1. The number of carbonyl (C=O) groups is 1. The lowest BCUT2D eigenvalue weighted by molar-refractivity contribution is -0.119. The zero-order valence-electron chi connectivity index (χ0n) is 20.0. The summed E-state index contributed by atoms with van der Waals surface area (Å²) < 4.78 is 3.39. The highest BCUT2D eigenvalue weighted by Gasteiger charge is 2.15. The third kappa shape index (κ3) is 4.47. The molecule has 0 aliphatic rings. The minimum Gasteiger partial charge on any atom is -0.376 e. The number of aromatic nitrogens is 3. The molecule has 174 valence electrons. The normalized spacial score (nSPS) is 11.3. The van der Waals surface area contributed by atoms with Gasteiger partial charge in [-0.05, 0) is 76.1 Å². The standard InChI is InChI=1S/C26H28N6O2/c1-16-10-11-22(12-17(16)2)27-15-25(33)30-28-14-21-13-18(3)31(19(21)4)32-20(5)29-24-9-7-6-8-23(24)26(32)34/h6-14,27H,15H2,1-5H3,(H,30,33). The van der Waals surface area contributed by atoms with E-state index in [9.17, 15) is 9.59 Å². The number of para-hydroxylation sites is 1. The fraction of sp³-hybridized carbons (Fsp3) is 0.231. The molecule has 2 aromatic heterocycles. The van der Waals surface area contributed by atoms with Gasteiger partial charge < -0.3 is 5.32 Å². The van der Waals surface area contributed by atoms with Crippen LogP contribution in [0.15, 0.2) is 58.4 Å². The highest BCUT2D eigenvalue weighted by molar-refractivity contribution is 5.85. The van der Waals surface area contributed by atoms with Crippen molar-refractivity contribution in [3.63, 3.8) is 0 Å². The summed E-state index contributed by atoms with van der Waals surface area (Å²) in [5.41, 5.74) is 8.78. The van der Waals surface area contributed by atoms with E-state index in [4.69, 9.17) is 0 Å². The third-order valence-electron chi connectivity index (χ3n) is 5.90. The average Bonchev–Trinajstić information content (AvgIpc) is 3.08. The Morgan fingerprint density at radius 2 is 1.76 bits per heavy atom. The van der Waals surface area contributed by atoms with Gasteiger partial charge in [0.25, 0.3) is 11.5 Å². The van der Waals surface area contributed by atoms with Gasteiger partial charge in [0.05, 0.1) is 23.7 Å². The Hall–Kier alpha value is -4.20. The molecule has 0 bridgehead atoms. The van der Waals surface area contributed by atoms with E-state index in [1.807, 2.05) is 81.8 Å². The first-order chi connectivity index (χ1) is 16.3. The lowest BCUT2D eigenvalue weighted by atomic mass is 10.1. The fourth-order valence-corrected chi connectivity index (χ4v) is 3.93. The number of nitrogens with one attached hydrogen (secondary N) is 2. The van der Waals surface area contributed by atoms with Crippen LogP contribution in [0.2, 0.25) is 0 Å². The average molecular weight is 457 g/mol. The van der Waals surface area contributed by atoms with Crippen LogP contribution in [0.1, 0.15) is 33.9 Å². The van der Waals surface area contributed by atoms with Gasteiger partial charge in [-0.15, -0.1) is 0 Å². The lowest BCUT2D eigenvalue weighted by Gasteiger charge is -2.16.